The van der Waals surface area contributed by atoms with Gasteiger partial charge in [-0.05, 0) is 25.3 Å². The number of allylic oxidation sites excluding steroid dienone is 1. The molecule has 1 heterocycles. The molecule has 88 valence electrons. The van der Waals surface area contributed by atoms with Crippen LogP contribution in [0.25, 0.3) is 0 Å². The highest BCUT2D eigenvalue weighted by Gasteiger charge is 2.12. The maximum Gasteiger partial charge on any atom is 0.109 e. The van der Waals surface area contributed by atoms with E-state index in [0.717, 1.165) is 31.6 Å². The summed E-state index contributed by atoms with van der Waals surface area (Å²) in [7, 11) is 0. The number of hydrogen-bond acceptors (Lipinski definition) is 2. The van der Waals surface area contributed by atoms with Crippen molar-refractivity contribution in [3.05, 3.63) is 11.8 Å². The van der Waals surface area contributed by atoms with Crippen LogP contribution in [0, 0.1) is 0 Å². The lowest BCUT2D eigenvalue weighted by Crippen LogP contribution is -2.25. The standard InChI is InChI=1S/C13H25NO/c1-2-3-4-5-6-9-12(14)13-10-7-8-11-15-13/h10,12H,2-9,11,14H2,1H3. The van der Waals surface area contributed by atoms with E-state index >= 15 is 0 Å². The average Bonchev–Trinajstić information content (AvgIpc) is 2.30. The van der Waals surface area contributed by atoms with Gasteiger partial charge in [-0.3, -0.25) is 0 Å². The lowest BCUT2D eigenvalue weighted by molar-refractivity contribution is 0.173. The van der Waals surface area contributed by atoms with Gasteiger partial charge in [-0.25, -0.2) is 0 Å². The van der Waals surface area contributed by atoms with E-state index in [9.17, 15) is 0 Å². The molecule has 2 nitrogen and oxygen atoms in total. The molecule has 0 spiro atoms. The van der Waals surface area contributed by atoms with Gasteiger partial charge in [0.15, 0.2) is 0 Å². The van der Waals surface area contributed by atoms with Gasteiger partial charge in [0.05, 0.1) is 12.6 Å². The van der Waals surface area contributed by atoms with Crippen molar-refractivity contribution in [2.75, 3.05) is 6.61 Å². The van der Waals surface area contributed by atoms with Crippen molar-refractivity contribution < 1.29 is 4.74 Å². The molecule has 0 saturated carbocycles. The minimum absolute atomic E-state index is 0.145. The molecule has 2 N–H and O–H groups in total. The lowest BCUT2D eigenvalue weighted by atomic mass is 10.0. The lowest BCUT2D eigenvalue weighted by Gasteiger charge is -2.20. The molecule has 2 heteroatoms. The van der Waals surface area contributed by atoms with Crippen LogP contribution < -0.4 is 5.73 Å². The van der Waals surface area contributed by atoms with Crippen molar-refractivity contribution in [2.45, 2.75) is 64.3 Å². The highest BCUT2D eigenvalue weighted by Crippen LogP contribution is 2.16. The molecule has 0 radical (unpaired) electrons. The van der Waals surface area contributed by atoms with Crippen LogP contribution in [0.5, 0.6) is 0 Å². The van der Waals surface area contributed by atoms with E-state index in [0.29, 0.717) is 0 Å². The van der Waals surface area contributed by atoms with Gasteiger partial charge in [-0.1, -0.05) is 39.0 Å². The van der Waals surface area contributed by atoms with Crippen LogP contribution in [-0.2, 0) is 4.74 Å². The van der Waals surface area contributed by atoms with Crippen molar-refractivity contribution in [1.82, 2.24) is 0 Å². The van der Waals surface area contributed by atoms with Gasteiger partial charge in [0.1, 0.15) is 5.76 Å². The highest BCUT2D eigenvalue weighted by molar-refractivity contribution is 5.03. The number of hydrogen-bond donors (Lipinski definition) is 1. The van der Waals surface area contributed by atoms with Crippen LogP contribution in [0.1, 0.15) is 58.3 Å². The Hall–Kier alpha value is -0.500. The molecule has 15 heavy (non-hydrogen) atoms. The molecule has 0 fully saturated rings. The summed E-state index contributed by atoms with van der Waals surface area (Å²) in [6.07, 6.45) is 12.1. The van der Waals surface area contributed by atoms with Gasteiger partial charge in [-0.15, -0.1) is 0 Å². The highest BCUT2D eigenvalue weighted by atomic mass is 16.5. The van der Waals surface area contributed by atoms with Gasteiger partial charge in [0.2, 0.25) is 0 Å². The molecule has 1 atom stereocenters. The Kier molecular flexibility index (Phi) is 6.49. The number of unbranched alkanes of at least 4 members (excludes halogenated alkanes) is 4. The van der Waals surface area contributed by atoms with Crippen LogP contribution in [0.3, 0.4) is 0 Å². The van der Waals surface area contributed by atoms with E-state index < -0.39 is 0 Å². The molecule has 1 aliphatic rings. The van der Waals surface area contributed by atoms with E-state index in [2.05, 4.69) is 13.0 Å². The minimum Gasteiger partial charge on any atom is -0.497 e. The largest absolute Gasteiger partial charge is 0.497 e. The minimum atomic E-state index is 0.145. The molecule has 0 aliphatic carbocycles. The third-order valence-electron chi connectivity index (χ3n) is 2.95. The third kappa shape index (κ3) is 5.22. The van der Waals surface area contributed by atoms with Crippen LogP contribution >= 0.6 is 0 Å². The molecule has 1 unspecified atom stereocenters. The summed E-state index contributed by atoms with van der Waals surface area (Å²) in [5, 5.41) is 0. The zero-order chi connectivity index (χ0) is 10.9. The summed E-state index contributed by atoms with van der Waals surface area (Å²) in [5.41, 5.74) is 6.07. The van der Waals surface area contributed by atoms with E-state index in [-0.39, 0.29) is 6.04 Å². The fourth-order valence-corrected chi connectivity index (χ4v) is 1.95. The smallest absolute Gasteiger partial charge is 0.109 e. The summed E-state index contributed by atoms with van der Waals surface area (Å²) in [5.74, 6) is 1.04. The number of rotatable bonds is 7. The van der Waals surface area contributed by atoms with Crippen LogP contribution in [0.4, 0.5) is 0 Å². The van der Waals surface area contributed by atoms with Gasteiger partial charge in [0.25, 0.3) is 0 Å². The molecule has 0 bridgehead atoms. The van der Waals surface area contributed by atoms with Gasteiger partial charge < -0.3 is 10.5 Å². The molecular formula is C13H25NO. The predicted molar refractivity (Wildman–Crippen MR) is 64.6 cm³/mol. The Labute approximate surface area is 93.9 Å². The molecule has 0 amide bonds. The van der Waals surface area contributed by atoms with Crippen LogP contribution in [0.15, 0.2) is 11.8 Å². The molecule has 1 aliphatic heterocycles. The molecule has 1 rings (SSSR count). The molecule has 0 aromatic carbocycles. The Bertz CT molecular complexity index is 189. The summed E-state index contributed by atoms with van der Waals surface area (Å²) in [6, 6.07) is 0.145. The van der Waals surface area contributed by atoms with Crippen molar-refractivity contribution in [3.8, 4) is 0 Å². The van der Waals surface area contributed by atoms with Gasteiger partial charge in [0, 0.05) is 0 Å². The van der Waals surface area contributed by atoms with E-state index in [1.54, 1.807) is 0 Å². The predicted octanol–water partition coefficient (Wildman–Crippen LogP) is 3.37. The third-order valence-corrected chi connectivity index (χ3v) is 2.95. The first kappa shape index (κ1) is 12.6. The second-order valence-corrected chi connectivity index (χ2v) is 4.41. The van der Waals surface area contributed by atoms with Crippen LogP contribution in [0.2, 0.25) is 0 Å². The molecular weight excluding hydrogens is 186 g/mol. The Morgan fingerprint density at radius 3 is 2.80 bits per heavy atom. The second-order valence-electron chi connectivity index (χ2n) is 4.41. The molecule has 0 aromatic heterocycles. The van der Waals surface area contributed by atoms with E-state index in [4.69, 9.17) is 10.5 Å². The van der Waals surface area contributed by atoms with Crippen molar-refractivity contribution in [3.63, 3.8) is 0 Å². The van der Waals surface area contributed by atoms with Gasteiger partial charge in [-0.2, -0.15) is 0 Å². The summed E-state index contributed by atoms with van der Waals surface area (Å²) < 4.78 is 5.55. The SMILES string of the molecule is CCCCCCCC(N)C1=CCCCO1. The summed E-state index contributed by atoms with van der Waals surface area (Å²) >= 11 is 0. The molecule has 0 aromatic rings. The number of nitrogens with two attached hydrogens (primary N) is 1. The molecule has 0 saturated heterocycles. The fraction of sp³-hybridized carbons (Fsp3) is 0.846. The Morgan fingerprint density at radius 2 is 2.13 bits per heavy atom. The average molecular weight is 211 g/mol. The van der Waals surface area contributed by atoms with Crippen LogP contribution in [-0.4, -0.2) is 12.6 Å². The van der Waals surface area contributed by atoms with E-state index in [1.165, 1.54) is 32.1 Å². The fourth-order valence-electron chi connectivity index (χ4n) is 1.95. The normalized spacial score (nSPS) is 18.1. The quantitative estimate of drug-likeness (QED) is 0.655. The number of ether oxygens (including phenoxy) is 1. The Balaban J connectivity index is 2.07. The van der Waals surface area contributed by atoms with E-state index in [1.807, 2.05) is 0 Å². The first-order valence-electron chi connectivity index (χ1n) is 6.43. The second kappa shape index (κ2) is 7.75. The first-order chi connectivity index (χ1) is 7.34. The first-order valence-corrected chi connectivity index (χ1v) is 6.43. The van der Waals surface area contributed by atoms with Crippen molar-refractivity contribution >= 4 is 0 Å². The maximum atomic E-state index is 6.07. The zero-order valence-corrected chi connectivity index (χ0v) is 10.0. The maximum absolute atomic E-state index is 6.07. The van der Waals surface area contributed by atoms with Crippen molar-refractivity contribution in [2.24, 2.45) is 5.73 Å². The van der Waals surface area contributed by atoms with Gasteiger partial charge >= 0.3 is 0 Å². The van der Waals surface area contributed by atoms with Crippen molar-refractivity contribution in [1.29, 1.82) is 0 Å². The monoisotopic (exact) mass is 211 g/mol. The Morgan fingerprint density at radius 1 is 1.33 bits per heavy atom. The zero-order valence-electron chi connectivity index (χ0n) is 10.0. The summed E-state index contributed by atoms with van der Waals surface area (Å²) in [4.78, 5) is 0. The summed E-state index contributed by atoms with van der Waals surface area (Å²) in [6.45, 7) is 3.10. The topological polar surface area (TPSA) is 35.2 Å².